The third kappa shape index (κ3) is 5.70. The predicted octanol–water partition coefficient (Wildman–Crippen LogP) is 3.95. The summed E-state index contributed by atoms with van der Waals surface area (Å²) in [7, 11) is 0. The highest BCUT2D eigenvalue weighted by molar-refractivity contribution is 9.10. The van der Waals surface area contributed by atoms with Crippen molar-refractivity contribution in [2.24, 2.45) is 0 Å². The maximum atomic E-state index is 13.0. The van der Waals surface area contributed by atoms with Gasteiger partial charge >= 0.3 is 0 Å². The lowest BCUT2D eigenvalue weighted by molar-refractivity contribution is -0.125. The van der Waals surface area contributed by atoms with Crippen molar-refractivity contribution in [3.8, 4) is 5.75 Å². The number of benzene rings is 1. The van der Waals surface area contributed by atoms with Gasteiger partial charge in [-0.3, -0.25) is 9.69 Å². The van der Waals surface area contributed by atoms with E-state index in [9.17, 15) is 4.79 Å². The number of piperazine rings is 1. The van der Waals surface area contributed by atoms with E-state index in [2.05, 4.69) is 25.7 Å². The molecule has 1 aromatic carbocycles. The second-order valence-electron chi connectivity index (χ2n) is 9.52. The van der Waals surface area contributed by atoms with Gasteiger partial charge < -0.3 is 14.5 Å². The highest BCUT2D eigenvalue weighted by Crippen LogP contribution is 2.27. The third-order valence-electron chi connectivity index (χ3n) is 7.39. The number of fused-ring (bicyclic) bond motifs is 1. The van der Waals surface area contributed by atoms with Crippen molar-refractivity contribution in [2.75, 3.05) is 50.8 Å². The van der Waals surface area contributed by atoms with Crippen LogP contribution in [0.2, 0.25) is 0 Å². The summed E-state index contributed by atoms with van der Waals surface area (Å²) < 4.78 is 6.66. The van der Waals surface area contributed by atoms with Crippen LogP contribution in [0.3, 0.4) is 0 Å². The first kappa shape index (κ1) is 24.3. The number of nitrogens with zero attached hydrogens (tertiary/aromatic N) is 5. The van der Waals surface area contributed by atoms with Gasteiger partial charge in [0.25, 0.3) is 0 Å². The molecule has 186 valence electrons. The van der Waals surface area contributed by atoms with Crippen LogP contribution in [0.4, 0.5) is 5.95 Å². The third-order valence-corrected chi connectivity index (χ3v) is 7.88. The first-order chi connectivity index (χ1) is 17.1. The summed E-state index contributed by atoms with van der Waals surface area (Å²) in [4.78, 5) is 29.5. The van der Waals surface area contributed by atoms with Gasteiger partial charge in [0.1, 0.15) is 5.75 Å². The Balaban J connectivity index is 1.20. The van der Waals surface area contributed by atoms with Gasteiger partial charge in [0.05, 0.1) is 12.3 Å². The van der Waals surface area contributed by atoms with Gasteiger partial charge in [-0.05, 0) is 56.0 Å². The minimum atomic E-state index is 0.0144. The van der Waals surface area contributed by atoms with E-state index in [1.807, 2.05) is 42.3 Å². The van der Waals surface area contributed by atoms with Crippen molar-refractivity contribution in [2.45, 2.75) is 45.1 Å². The van der Waals surface area contributed by atoms with Gasteiger partial charge in [-0.2, -0.15) is 0 Å². The minimum Gasteiger partial charge on any atom is -0.493 e. The van der Waals surface area contributed by atoms with E-state index in [4.69, 9.17) is 14.7 Å². The average Bonchev–Trinajstić information content (AvgIpc) is 3.06. The molecule has 0 bridgehead atoms. The number of hydrogen-bond acceptors (Lipinski definition) is 6. The van der Waals surface area contributed by atoms with E-state index in [0.717, 1.165) is 78.1 Å². The van der Waals surface area contributed by atoms with Crippen LogP contribution in [0.1, 0.15) is 43.0 Å². The van der Waals surface area contributed by atoms with Crippen LogP contribution < -0.4 is 9.64 Å². The molecule has 8 heteroatoms. The zero-order valence-electron chi connectivity index (χ0n) is 20.5. The first-order valence-electron chi connectivity index (χ1n) is 12.8. The molecule has 0 radical (unpaired) electrons. The molecule has 2 aliphatic heterocycles. The molecule has 3 heterocycles. The molecule has 0 unspecified atom stereocenters. The van der Waals surface area contributed by atoms with Crippen LogP contribution in [0, 0.1) is 0 Å². The standard InChI is InChI=1S/C27H34BrN5O2/c1-2-35-25-8-7-22(28)18-20(25)6-9-26(34)32-12-10-21-19-29-27(30-24(21)11-13-32)33-16-14-31(15-17-33)23-4-3-5-23/h6-9,18-19,23H,2-5,10-17H2,1H3. The highest BCUT2D eigenvalue weighted by Gasteiger charge is 2.29. The summed E-state index contributed by atoms with van der Waals surface area (Å²) in [5.41, 5.74) is 3.13. The van der Waals surface area contributed by atoms with E-state index >= 15 is 0 Å². The number of hydrogen-bond donors (Lipinski definition) is 0. The molecule has 35 heavy (non-hydrogen) atoms. The van der Waals surface area contributed by atoms with Crippen molar-refractivity contribution >= 4 is 33.9 Å². The fourth-order valence-corrected chi connectivity index (χ4v) is 5.46. The van der Waals surface area contributed by atoms with Crippen molar-refractivity contribution in [1.29, 1.82) is 0 Å². The summed E-state index contributed by atoms with van der Waals surface area (Å²) in [5.74, 6) is 1.63. The van der Waals surface area contributed by atoms with E-state index in [1.165, 1.54) is 19.3 Å². The van der Waals surface area contributed by atoms with Crippen molar-refractivity contribution in [3.05, 3.63) is 51.8 Å². The molecule has 0 spiro atoms. The van der Waals surface area contributed by atoms with E-state index in [0.29, 0.717) is 19.7 Å². The van der Waals surface area contributed by atoms with Crippen LogP contribution in [0.15, 0.2) is 34.9 Å². The molecule has 1 aromatic heterocycles. The van der Waals surface area contributed by atoms with Crippen LogP contribution in [-0.4, -0.2) is 77.6 Å². The number of ether oxygens (including phenoxy) is 1. The lowest BCUT2D eigenvalue weighted by Crippen LogP contribution is -2.52. The van der Waals surface area contributed by atoms with E-state index in [-0.39, 0.29) is 5.91 Å². The van der Waals surface area contributed by atoms with Gasteiger partial charge in [0, 0.05) is 74.0 Å². The molecule has 1 amide bonds. The molecule has 3 aliphatic rings. The maximum Gasteiger partial charge on any atom is 0.246 e. The molecule has 2 aromatic rings. The minimum absolute atomic E-state index is 0.0144. The molecule has 0 N–H and O–H groups in total. The number of amides is 1. The van der Waals surface area contributed by atoms with E-state index < -0.39 is 0 Å². The molecule has 1 saturated carbocycles. The number of rotatable bonds is 6. The largest absolute Gasteiger partial charge is 0.493 e. The van der Waals surface area contributed by atoms with Crippen LogP contribution in [-0.2, 0) is 17.6 Å². The van der Waals surface area contributed by atoms with Crippen LogP contribution in [0.5, 0.6) is 5.75 Å². The molecule has 5 rings (SSSR count). The lowest BCUT2D eigenvalue weighted by Gasteiger charge is -2.43. The number of carbonyl (C=O) groups excluding carboxylic acids is 1. The zero-order valence-corrected chi connectivity index (χ0v) is 22.0. The first-order valence-corrected chi connectivity index (χ1v) is 13.6. The molecule has 1 aliphatic carbocycles. The average molecular weight is 541 g/mol. The smallest absolute Gasteiger partial charge is 0.246 e. The molecule has 7 nitrogen and oxygen atoms in total. The zero-order chi connectivity index (χ0) is 24.2. The van der Waals surface area contributed by atoms with Gasteiger partial charge in [-0.25, -0.2) is 9.97 Å². The molecule has 1 saturated heterocycles. The summed E-state index contributed by atoms with van der Waals surface area (Å²) >= 11 is 3.50. The molecular formula is C27H34BrN5O2. The second kappa shape index (κ2) is 11.1. The van der Waals surface area contributed by atoms with Gasteiger partial charge in [0.15, 0.2) is 0 Å². The predicted molar refractivity (Wildman–Crippen MR) is 142 cm³/mol. The fraction of sp³-hybridized carbons (Fsp3) is 0.519. The van der Waals surface area contributed by atoms with Crippen LogP contribution in [0.25, 0.3) is 6.08 Å². The highest BCUT2D eigenvalue weighted by atomic mass is 79.9. The number of halogens is 1. The van der Waals surface area contributed by atoms with Crippen LogP contribution >= 0.6 is 15.9 Å². The monoisotopic (exact) mass is 539 g/mol. The molecular weight excluding hydrogens is 506 g/mol. The van der Waals surface area contributed by atoms with E-state index in [1.54, 1.807) is 6.08 Å². The maximum absolute atomic E-state index is 13.0. The van der Waals surface area contributed by atoms with Gasteiger partial charge in [-0.15, -0.1) is 0 Å². The molecule has 2 fully saturated rings. The fourth-order valence-electron chi connectivity index (χ4n) is 5.08. The Hall–Kier alpha value is -2.45. The summed E-state index contributed by atoms with van der Waals surface area (Å²) in [5, 5.41) is 0. The van der Waals surface area contributed by atoms with Crippen molar-refractivity contribution < 1.29 is 9.53 Å². The Kier molecular flexibility index (Phi) is 7.68. The van der Waals surface area contributed by atoms with Gasteiger partial charge in [0.2, 0.25) is 11.9 Å². The van der Waals surface area contributed by atoms with Crippen molar-refractivity contribution in [1.82, 2.24) is 19.8 Å². The lowest BCUT2D eigenvalue weighted by atomic mass is 9.91. The Morgan fingerprint density at radius 1 is 1.14 bits per heavy atom. The number of anilines is 1. The quantitative estimate of drug-likeness (QED) is 0.518. The summed E-state index contributed by atoms with van der Waals surface area (Å²) in [6.45, 7) is 8.06. The Morgan fingerprint density at radius 3 is 2.69 bits per heavy atom. The second-order valence-corrected chi connectivity index (χ2v) is 10.4. The SMILES string of the molecule is CCOc1ccc(Br)cc1C=CC(=O)N1CCc2cnc(N3CCN(C4CCC4)CC3)nc2CC1. The molecule has 0 atom stereocenters. The summed E-state index contributed by atoms with van der Waals surface area (Å²) in [6, 6.07) is 6.64. The van der Waals surface area contributed by atoms with Crippen molar-refractivity contribution in [3.63, 3.8) is 0 Å². The normalized spacial score (nSPS) is 19.4. The summed E-state index contributed by atoms with van der Waals surface area (Å²) in [6.07, 6.45) is 11.1. The Morgan fingerprint density at radius 2 is 1.94 bits per heavy atom. The number of aromatic nitrogens is 2. The van der Waals surface area contributed by atoms with Gasteiger partial charge in [-0.1, -0.05) is 22.4 Å². The number of carbonyl (C=O) groups is 1. The topological polar surface area (TPSA) is 61.8 Å². The Bertz CT molecular complexity index is 1080. The Labute approximate surface area is 216 Å².